The molecule has 104 valence electrons. The maximum Gasteiger partial charge on any atom is 0.326 e. The van der Waals surface area contributed by atoms with Gasteiger partial charge in [-0.2, -0.15) is 0 Å². The summed E-state index contributed by atoms with van der Waals surface area (Å²) in [5.74, 6) is -0.521. The van der Waals surface area contributed by atoms with Crippen LogP contribution in [0.5, 0.6) is 0 Å². The van der Waals surface area contributed by atoms with E-state index in [1.807, 2.05) is 5.38 Å². The summed E-state index contributed by atoms with van der Waals surface area (Å²) in [6.07, 6.45) is 2.65. The molecule has 7 heteroatoms. The second-order valence-electron chi connectivity index (χ2n) is 4.86. The second-order valence-corrected chi connectivity index (χ2v) is 5.57. The Morgan fingerprint density at radius 3 is 2.89 bits per heavy atom. The van der Waals surface area contributed by atoms with Gasteiger partial charge in [-0.05, 0) is 12.3 Å². The van der Waals surface area contributed by atoms with Crippen molar-refractivity contribution in [1.82, 2.24) is 15.2 Å². The molecule has 2 rings (SSSR count). The van der Waals surface area contributed by atoms with E-state index in [4.69, 9.17) is 5.11 Å². The van der Waals surface area contributed by atoms with Gasteiger partial charge in [-0.1, -0.05) is 12.8 Å². The van der Waals surface area contributed by atoms with Gasteiger partial charge in [-0.3, -0.25) is 0 Å². The Kier molecular flexibility index (Phi) is 4.36. The molecule has 1 aromatic heterocycles. The first kappa shape index (κ1) is 13.8. The molecular formula is C12H17N3O3S. The van der Waals surface area contributed by atoms with Crippen molar-refractivity contribution in [1.29, 1.82) is 0 Å². The van der Waals surface area contributed by atoms with Crippen LogP contribution in [0.4, 0.5) is 4.79 Å². The highest BCUT2D eigenvalue weighted by Crippen LogP contribution is 2.33. The molecule has 0 bridgehead atoms. The Bertz CT molecular complexity index is 445. The van der Waals surface area contributed by atoms with Crippen molar-refractivity contribution in [2.45, 2.75) is 31.8 Å². The normalized spacial score (nSPS) is 15.8. The minimum absolute atomic E-state index is 0.374. The zero-order valence-electron chi connectivity index (χ0n) is 10.7. The maximum absolute atomic E-state index is 11.9. The van der Waals surface area contributed by atoms with E-state index in [0.29, 0.717) is 18.9 Å². The Morgan fingerprint density at radius 2 is 2.37 bits per heavy atom. The summed E-state index contributed by atoms with van der Waals surface area (Å²) in [7, 11) is 1.63. The van der Waals surface area contributed by atoms with Crippen LogP contribution in [0.2, 0.25) is 0 Å². The highest BCUT2D eigenvalue weighted by molar-refractivity contribution is 7.07. The van der Waals surface area contributed by atoms with Gasteiger partial charge in [-0.15, -0.1) is 11.3 Å². The third-order valence-corrected chi connectivity index (χ3v) is 3.73. The van der Waals surface area contributed by atoms with Crippen LogP contribution in [0.3, 0.4) is 0 Å². The average molecular weight is 283 g/mol. The van der Waals surface area contributed by atoms with Crippen molar-refractivity contribution < 1.29 is 14.7 Å². The quantitative estimate of drug-likeness (QED) is 0.829. The topological polar surface area (TPSA) is 82.5 Å². The van der Waals surface area contributed by atoms with E-state index in [-0.39, 0.29) is 6.03 Å². The van der Waals surface area contributed by atoms with Crippen LogP contribution >= 0.6 is 11.3 Å². The van der Waals surface area contributed by atoms with Gasteiger partial charge < -0.3 is 15.3 Å². The molecule has 1 saturated carbocycles. The molecular weight excluding hydrogens is 266 g/mol. The van der Waals surface area contributed by atoms with E-state index in [2.05, 4.69) is 10.3 Å². The van der Waals surface area contributed by atoms with Gasteiger partial charge >= 0.3 is 12.0 Å². The number of carboxylic acids is 1. The molecule has 2 N–H and O–H groups in total. The van der Waals surface area contributed by atoms with Crippen LogP contribution in [-0.4, -0.2) is 40.1 Å². The van der Waals surface area contributed by atoms with Gasteiger partial charge in [0.2, 0.25) is 0 Å². The van der Waals surface area contributed by atoms with E-state index in [0.717, 1.165) is 18.5 Å². The summed E-state index contributed by atoms with van der Waals surface area (Å²) in [6.45, 7) is 0.380. The molecule has 1 heterocycles. The monoisotopic (exact) mass is 283 g/mol. The molecule has 1 aromatic rings. The molecule has 2 amide bonds. The van der Waals surface area contributed by atoms with Crippen molar-refractivity contribution in [2.24, 2.45) is 5.92 Å². The highest BCUT2D eigenvalue weighted by atomic mass is 32.1. The maximum atomic E-state index is 11.9. The summed E-state index contributed by atoms with van der Waals surface area (Å²) >= 11 is 1.47. The number of nitrogens with zero attached hydrogens (tertiary/aromatic N) is 2. The molecule has 1 fully saturated rings. The average Bonchev–Trinajstić information content (AvgIpc) is 3.03. The van der Waals surface area contributed by atoms with Crippen molar-refractivity contribution in [2.75, 3.05) is 7.05 Å². The molecule has 6 nitrogen and oxygen atoms in total. The highest BCUT2D eigenvalue weighted by Gasteiger charge is 2.30. The lowest BCUT2D eigenvalue weighted by Gasteiger charge is -2.20. The van der Waals surface area contributed by atoms with Crippen LogP contribution in [0.15, 0.2) is 10.9 Å². The zero-order valence-corrected chi connectivity index (χ0v) is 11.5. The molecule has 0 spiro atoms. The molecule has 1 aliphatic carbocycles. The Balaban J connectivity index is 1.84. The predicted molar refractivity (Wildman–Crippen MR) is 70.9 cm³/mol. The Labute approximate surface area is 115 Å². The largest absolute Gasteiger partial charge is 0.480 e. The predicted octanol–water partition coefficient (Wildman–Crippen LogP) is 1.54. The summed E-state index contributed by atoms with van der Waals surface area (Å²) in [5.41, 5.74) is 2.51. The number of carbonyl (C=O) groups is 2. The van der Waals surface area contributed by atoms with E-state index in [1.165, 1.54) is 16.2 Å². The Morgan fingerprint density at radius 1 is 1.63 bits per heavy atom. The Hall–Kier alpha value is -1.63. The first-order valence-corrected chi connectivity index (χ1v) is 7.12. The van der Waals surface area contributed by atoms with Crippen LogP contribution in [0, 0.1) is 5.92 Å². The van der Waals surface area contributed by atoms with Gasteiger partial charge in [0.1, 0.15) is 6.04 Å². The molecule has 0 saturated heterocycles. The fraction of sp³-hybridized carbons (Fsp3) is 0.583. The molecule has 0 aromatic carbocycles. The number of hydrogen-bond donors (Lipinski definition) is 2. The number of carbonyl (C=O) groups excluding carboxylic acids is 1. The summed E-state index contributed by atoms with van der Waals surface area (Å²) in [6, 6.07) is -1.17. The molecule has 19 heavy (non-hydrogen) atoms. The molecule has 1 atom stereocenters. The number of aromatic nitrogens is 1. The summed E-state index contributed by atoms with van der Waals surface area (Å²) < 4.78 is 0. The number of urea groups is 1. The van der Waals surface area contributed by atoms with Crippen LogP contribution in [0.1, 0.15) is 25.0 Å². The van der Waals surface area contributed by atoms with Gasteiger partial charge in [0.05, 0.1) is 17.7 Å². The minimum Gasteiger partial charge on any atom is -0.480 e. The lowest BCUT2D eigenvalue weighted by Crippen LogP contribution is -2.46. The smallest absolute Gasteiger partial charge is 0.326 e. The van der Waals surface area contributed by atoms with Crippen LogP contribution in [-0.2, 0) is 11.3 Å². The van der Waals surface area contributed by atoms with E-state index in [9.17, 15) is 9.59 Å². The molecule has 0 radical (unpaired) electrons. The lowest BCUT2D eigenvalue weighted by molar-refractivity contribution is -0.139. The summed E-state index contributed by atoms with van der Waals surface area (Å²) in [5, 5.41) is 13.5. The zero-order chi connectivity index (χ0) is 13.8. The number of aliphatic carboxylic acids is 1. The van der Waals surface area contributed by atoms with Gasteiger partial charge in [-0.25, -0.2) is 14.6 Å². The number of hydrogen-bond acceptors (Lipinski definition) is 4. The lowest BCUT2D eigenvalue weighted by atomic mass is 10.1. The van der Waals surface area contributed by atoms with Crippen molar-refractivity contribution in [3.63, 3.8) is 0 Å². The molecule has 1 aliphatic rings. The SMILES string of the molecule is CN(Cc1cscn1)C(=O)NC(CC1CC1)C(=O)O. The third kappa shape index (κ3) is 4.20. The van der Waals surface area contributed by atoms with E-state index >= 15 is 0 Å². The number of rotatable bonds is 6. The number of nitrogens with one attached hydrogen (secondary N) is 1. The standard InChI is InChI=1S/C12H17N3O3S/c1-15(5-9-6-19-7-13-9)12(18)14-10(11(16)17)4-8-2-3-8/h6-8,10H,2-5H2,1H3,(H,14,18)(H,16,17). The van der Waals surface area contributed by atoms with E-state index < -0.39 is 12.0 Å². The van der Waals surface area contributed by atoms with Gasteiger partial charge in [0, 0.05) is 12.4 Å². The van der Waals surface area contributed by atoms with Crippen molar-refractivity contribution in [3.05, 3.63) is 16.6 Å². The number of carboxylic acid groups (broad SMARTS) is 1. The van der Waals surface area contributed by atoms with Crippen LogP contribution in [0.25, 0.3) is 0 Å². The summed E-state index contributed by atoms with van der Waals surface area (Å²) in [4.78, 5) is 28.5. The third-order valence-electron chi connectivity index (χ3n) is 3.09. The van der Waals surface area contributed by atoms with Gasteiger partial charge in [0.15, 0.2) is 0 Å². The fourth-order valence-corrected chi connectivity index (χ4v) is 2.35. The second kappa shape index (κ2) is 6.01. The molecule has 1 unspecified atom stereocenters. The first-order valence-electron chi connectivity index (χ1n) is 6.17. The first-order chi connectivity index (χ1) is 9.06. The van der Waals surface area contributed by atoms with Gasteiger partial charge in [0.25, 0.3) is 0 Å². The van der Waals surface area contributed by atoms with Crippen molar-refractivity contribution >= 4 is 23.3 Å². The molecule has 0 aliphatic heterocycles. The number of amides is 2. The van der Waals surface area contributed by atoms with E-state index in [1.54, 1.807) is 12.6 Å². The minimum atomic E-state index is -0.970. The van der Waals surface area contributed by atoms with Crippen molar-refractivity contribution in [3.8, 4) is 0 Å². The van der Waals surface area contributed by atoms with Crippen LogP contribution < -0.4 is 5.32 Å². The number of thiazole rings is 1. The fourth-order valence-electron chi connectivity index (χ4n) is 1.80.